The Labute approximate surface area is 180 Å². The van der Waals surface area contributed by atoms with Crippen LogP contribution in [0.15, 0.2) is 34.1 Å². The van der Waals surface area contributed by atoms with Gasteiger partial charge in [-0.2, -0.15) is 4.98 Å². The van der Waals surface area contributed by atoms with Crippen LogP contribution in [0, 0.1) is 0 Å². The first-order valence-electron chi connectivity index (χ1n) is 10.4. The van der Waals surface area contributed by atoms with E-state index < -0.39 is 0 Å². The van der Waals surface area contributed by atoms with Crippen LogP contribution < -0.4 is 15.7 Å². The van der Waals surface area contributed by atoms with Crippen LogP contribution >= 0.6 is 11.8 Å². The number of methoxy groups -OCH3 is 1. The number of benzene rings is 1. The summed E-state index contributed by atoms with van der Waals surface area (Å²) < 4.78 is 12.8. The number of nitrogens with one attached hydrogen (secondary N) is 1. The summed E-state index contributed by atoms with van der Waals surface area (Å²) in [5, 5.41) is 3.62. The van der Waals surface area contributed by atoms with Gasteiger partial charge in [-0.1, -0.05) is 30.0 Å². The summed E-state index contributed by atoms with van der Waals surface area (Å²) in [5.74, 6) is 0.881. The summed E-state index contributed by atoms with van der Waals surface area (Å²) in [6.45, 7) is 1.75. The van der Waals surface area contributed by atoms with Gasteiger partial charge in [0.1, 0.15) is 10.8 Å². The zero-order chi connectivity index (χ0) is 20.9. The van der Waals surface area contributed by atoms with Gasteiger partial charge in [0.2, 0.25) is 5.91 Å². The predicted octanol–water partition coefficient (Wildman–Crippen LogP) is 2.33. The molecule has 2 heterocycles. The fourth-order valence-corrected chi connectivity index (χ4v) is 5.02. The van der Waals surface area contributed by atoms with Crippen LogP contribution in [0.1, 0.15) is 36.1 Å². The number of hydrogen-bond donors (Lipinski definition) is 1. The van der Waals surface area contributed by atoms with Gasteiger partial charge in [0, 0.05) is 30.0 Å². The van der Waals surface area contributed by atoms with Gasteiger partial charge in [-0.25, -0.2) is 4.79 Å². The highest BCUT2D eigenvalue weighted by molar-refractivity contribution is 7.99. The van der Waals surface area contributed by atoms with E-state index in [0.29, 0.717) is 18.1 Å². The SMILES string of the molecule is COc1ccccc1CNC(=O)CSc1nc(=O)n(CC2CCCO2)c2c1CCC2. The molecular formula is C22H27N3O4S. The van der Waals surface area contributed by atoms with E-state index in [1.807, 2.05) is 24.3 Å². The smallest absolute Gasteiger partial charge is 0.348 e. The molecule has 4 rings (SSSR count). The number of carbonyl (C=O) groups excluding carboxylic acids is 1. The van der Waals surface area contributed by atoms with E-state index in [0.717, 1.165) is 61.3 Å². The fraction of sp³-hybridized carbons (Fsp3) is 0.500. The quantitative estimate of drug-likeness (QED) is 0.512. The number of para-hydroxylation sites is 1. The van der Waals surface area contributed by atoms with Crippen molar-refractivity contribution in [1.29, 1.82) is 0 Å². The predicted molar refractivity (Wildman–Crippen MR) is 115 cm³/mol. The number of amides is 1. The van der Waals surface area contributed by atoms with E-state index in [4.69, 9.17) is 9.47 Å². The summed E-state index contributed by atoms with van der Waals surface area (Å²) in [6.07, 6.45) is 4.94. The number of thioether (sulfide) groups is 1. The molecule has 160 valence electrons. The average Bonchev–Trinajstić information content (AvgIpc) is 3.45. The van der Waals surface area contributed by atoms with Crippen LogP contribution in [0.25, 0.3) is 0 Å². The minimum absolute atomic E-state index is 0.0945. The third kappa shape index (κ3) is 4.70. The standard InChI is InChI=1S/C22H27N3O4S/c1-28-19-10-3-2-6-15(19)12-23-20(26)14-30-21-17-8-4-9-18(17)25(22(27)24-21)13-16-7-5-11-29-16/h2-3,6,10,16H,4-5,7-9,11-14H2,1H3,(H,23,26). The Morgan fingerprint density at radius 1 is 1.33 bits per heavy atom. The zero-order valence-electron chi connectivity index (χ0n) is 17.2. The van der Waals surface area contributed by atoms with E-state index >= 15 is 0 Å². The van der Waals surface area contributed by atoms with Gasteiger partial charge in [-0.15, -0.1) is 0 Å². The molecule has 1 fully saturated rings. The Morgan fingerprint density at radius 3 is 3.00 bits per heavy atom. The molecule has 1 aromatic carbocycles. The minimum atomic E-state index is -0.233. The topological polar surface area (TPSA) is 82.5 Å². The Hall–Kier alpha value is -2.32. The number of rotatable bonds is 8. The van der Waals surface area contributed by atoms with E-state index in [1.165, 1.54) is 11.8 Å². The number of aromatic nitrogens is 2. The second-order valence-corrected chi connectivity index (χ2v) is 8.57. The van der Waals surface area contributed by atoms with E-state index in [2.05, 4.69) is 10.3 Å². The molecule has 1 aromatic heterocycles. The van der Waals surface area contributed by atoms with Gasteiger partial charge < -0.3 is 14.8 Å². The molecule has 0 saturated carbocycles. The lowest BCUT2D eigenvalue weighted by atomic mass is 10.2. The summed E-state index contributed by atoms with van der Waals surface area (Å²) in [4.78, 5) is 29.4. The molecular weight excluding hydrogens is 402 g/mol. The minimum Gasteiger partial charge on any atom is -0.496 e. The second-order valence-electron chi connectivity index (χ2n) is 7.60. The molecule has 1 aliphatic heterocycles. The largest absolute Gasteiger partial charge is 0.496 e. The molecule has 0 spiro atoms. The molecule has 1 unspecified atom stereocenters. The number of ether oxygens (including phenoxy) is 2. The molecule has 0 bridgehead atoms. The lowest BCUT2D eigenvalue weighted by Crippen LogP contribution is -2.32. The van der Waals surface area contributed by atoms with Crippen molar-refractivity contribution in [2.45, 2.75) is 56.3 Å². The molecule has 1 atom stereocenters. The molecule has 1 saturated heterocycles. The third-order valence-corrected chi connectivity index (χ3v) is 6.64. The highest BCUT2D eigenvalue weighted by Crippen LogP contribution is 2.29. The average molecular weight is 430 g/mol. The van der Waals surface area contributed by atoms with Crippen molar-refractivity contribution in [2.24, 2.45) is 0 Å². The molecule has 0 radical (unpaired) electrons. The zero-order valence-corrected chi connectivity index (χ0v) is 18.0. The Kier molecular flexibility index (Phi) is 6.74. The molecule has 30 heavy (non-hydrogen) atoms. The Morgan fingerprint density at radius 2 is 2.20 bits per heavy atom. The maximum Gasteiger partial charge on any atom is 0.348 e. The van der Waals surface area contributed by atoms with Crippen molar-refractivity contribution < 1.29 is 14.3 Å². The summed E-state index contributed by atoms with van der Waals surface area (Å²) in [6, 6.07) is 7.61. The van der Waals surface area contributed by atoms with Crippen molar-refractivity contribution in [2.75, 3.05) is 19.5 Å². The van der Waals surface area contributed by atoms with Gasteiger partial charge in [0.15, 0.2) is 0 Å². The van der Waals surface area contributed by atoms with Crippen LogP contribution in [0.4, 0.5) is 0 Å². The molecule has 1 amide bonds. The fourth-order valence-electron chi connectivity index (χ4n) is 4.11. The summed E-state index contributed by atoms with van der Waals surface area (Å²) in [7, 11) is 1.61. The van der Waals surface area contributed by atoms with Crippen molar-refractivity contribution in [1.82, 2.24) is 14.9 Å². The van der Waals surface area contributed by atoms with Gasteiger partial charge in [-0.3, -0.25) is 9.36 Å². The lowest BCUT2D eigenvalue weighted by molar-refractivity contribution is -0.118. The highest BCUT2D eigenvalue weighted by Gasteiger charge is 2.25. The van der Waals surface area contributed by atoms with Gasteiger partial charge in [0.05, 0.1) is 25.5 Å². The molecule has 1 aliphatic carbocycles. The van der Waals surface area contributed by atoms with Crippen molar-refractivity contribution >= 4 is 17.7 Å². The summed E-state index contributed by atoms with van der Waals surface area (Å²) >= 11 is 1.35. The first kappa shape index (κ1) is 20.9. The van der Waals surface area contributed by atoms with E-state index in [1.54, 1.807) is 11.7 Å². The monoisotopic (exact) mass is 429 g/mol. The first-order valence-corrected chi connectivity index (χ1v) is 11.4. The van der Waals surface area contributed by atoms with Crippen LogP contribution in [0.3, 0.4) is 0 Å². The highest BCUT2D eigenvalue weighted by atomic mass is 32.2. The lowest BCUT2D eigenvalue weighted by Gasteiger charge is -2.17. The number of carbonyl (C=O) groups is 1. The maximum absolute atomic E-state index is 12.7. The van der Waals surface area contributed by atoms with Gasteiger partial charge in [0.25, 0.3) is 0 Å². The molecule has 2 aromatic rings. The Bertz CT molecular complexity index is 969. The van der Waals surface area contributed by atoms with Crippen LogP contribution in [-0.2, 0) is 35.5 Å². The summed E-state index contributed by atoms with van der Waals surface area (Å²) in [5.41, 5.74) is 2.88. The number of hydrogen-bond acceptors (Lipinski definition) is 6. The van der Waals surface area contributed by atoms with Crippen molar-refractivity contribution in [3.63, 3.8) is 0 Å². The van der Waals surface area contributed by atoms with Crippen molar-refractivity contribution in [3.05, 3.63) is 51.6 Å². The van der Waals surface area contributed by atoms with Gasteiger partial charge in [-0.05, 0) is 38.2 Å². The number of nitrogens with zero attached hydrogens (tertiary/aromatic N) is 2. The van der Waals surface area contributed by atoms with E-state index in [-0.39, 0.29) is 23.5 Å². The molecule has 7 nitrogen and oxygen atoms in total. The maximum atomic E-state index is 12.7. The van der Waals surface area contributed by atoms with Crippen molar-refractivity contribution in [3.8, 4) is 5.75 Å². The first-order chi connectivity index (χ1) is 14.7. The van der Waals surface area contributed by atoms with Crippen LogP contribution in [-0.4, -0.2) is 41.0 Å². The van der Waals surface area contributed by atoms with Crippen LogP contribution in [0.5, 0.6) is 5.75 Å². The number of fused-ring (bicyclic) bond motifs is 1. The van der Waals surface area contributed by atoms with Crippen LogP contribution in [0.2, 0.25) is 0 Å². The van der Waals surface area contributed by atoms with E-state index in [9.17, 15) is 9.59 Å². The molecule has 8 heteroatoms. The second kappa shape index (κ2) is 9.66. The molecule has 1 N–H and O–H groups in total. The van der Waals surface area contributed by atoms with Gasteiger partial charge >= 0.3 is 5.69 Å². The third-order valence-electron chi connectivity index (χ3n) is 5.62. The Balaban J connectivity index is 1.40. The normalized spacial score (nSPS) is 17.7. The molecule has 2 aliphatic rings.